The lowest BCUT2D eigenvalue weighted by Gasteiger charge is -2.14. The molecule has 2 aromatic carbocycles. The van der Waals surface area contributed by atoms with Crippen LogP contribution in [0.2, 0.25) is 0 Å². The molecule has 0 aliphatic heterocycles. The first-order chi connectivity index (χ1) is 21.7. The van der Waals surface area contributed by atoms with E-state index in [1.165, 1.54) is 10.9 Å². The third-order valence-electron chi connectivity index (χ3n) is 6.79. The number of aryl methyl sites for hydroxylation is 1. The Hall–Kier alpha value is -5.17. The van der Waals surface area contributed by atoms with E-state index in [1.807, 2.05) is 31.2 Å². The van der Waals surface area contributed by atoms with Gasteiger partial charge >= 0.3 is 5.97 Å². The van der Waals surface area contributed by atoms with Crippen LogP contribution < -0.4 is 20.5 Å². The number of aromatic nitrogens is 5. The number of anilines is 2. The second kappa shape index (κ2) is 14.1. The molecular weight excluding hydrogens is 584 g/mol. The molecule has 1 atom stereocenters. The highest BCUT2D eigenvalue weighted by atomic mass is 19.1. The Morgan fingerprint density at radius 1 is 1.09 bits per heavy atom. The first-order valence-electron chi connectivity index (χ1n) is 14.4. The number of carbonyl (C=O) groups excluding carboxylic acids is 1. The molecular formula is C32H33F2N7O4. The smallest absolute Gasteiger partial charge is 0.322 e. The topological polar surface area (TPSA) is 139 Å². The summed E-state index contributed by atoms with van der Waals surface area (Å²) in [5, 5.41) is 8.68. The third-order valence-corrected chi connectivity index (χ3v) is 6.79. The van der Waals surface area contributed by atoms with Crippen molar-refractivity contribution < 1.29 is 27.8 Å². The average Bonchev–Trinajstić information content (AvgIpc) is 3.39. The van der Waals surface area contributed by atoms with Crippen LogP contribution in [0.4, 0.5) is 20.3 Å². The van der Waals surface area contributed by atoms with Crippen LogP contribution in [0.15, 0.2) is 61.1 Å². The van der Waals surface area contributed by atoms with Crippen LogP contribution in [0.25, 0.3) is 22.4 Å². The number of pyridine rings is 1. The lowest BCUT2D eigenvalue weighted by Crippen LogP contribution is -2.29. The quantitative estimate of drug-likeness (QED) is 0.132. The molecule has 0 radical (unpaired) electrons. The van der Waals surface area contributed by atoms with Gasteiger partial charge in [0.15, 0.2) is 17.4 Å². The van der Waals surface area contributed by atoms with Crippen LogP contribution in [-0.4, -0.2) is 56.6 Å². The number of rotatable bonds is 13. The van der Waals surface area contributed by atoms with E-state index < -0.39 is 23.6 Å². The molecule has 5 aromatic rings. The molecule has 0 saturated carbocycles. The van der Waals surface area contributed by atoms with Gasteiger partial charge in [0, 0.05) is 47.6 Å². The van der Waals surface area contributed by atoms with Crippen LogP contribution in [0.1, 0.15) is 31.4 Å². The molecule has 11 nitrogen and oxygen atoms in total. The van der Waals surface area contributed by atoms with Gasteiger partial charge < -0.3 is 25.3 Å². The fourth-order valence-corrected chi connectivity index (χ4v) is 4.51. The van der Waals surface area contributed by atoms with Crippen LogP contribution in [0.5, 0.6) is 11.5 Å². The molecule has 0 aliphatic rings. The van der Waals surface area contributed by atoms with Crippen molar-refractivity contribution in [1.29, 1.82) is 0 Å². The Morgan fingerprint density at radius 3 is 2.60 bits per heavy atom. The predicted molar refractivity (Wildman–Crippen MR) is 164 cm³/mol. The molecule has 3 N–H and O–H groups in total. The number of nitrogens with one attached hydrogen (secondary N) is 1. The molecule has 3 aromatic heterocycles. The molecule has 234 valence electrons. The summed E-state index contributed by atoms with van der Waals surface area (Å²) < 4.78 is 47.8. The largest absolute Gasteiger partial charge is 0.494 e. The van der Waals surface area contributed by atoms with Crippen molar-refractivity contribution in [3.8, 4) is 23.0 Å². The highest BCUT2D eigenvalue weighted by molar-refractivity contribution is 5.92. The zero-order valence-electron chi connectivity index (χ0n) is 25.1. The average molecular weight is 618 g/mol. The second-order valence-electron chi connectivity index (χ2n) is 10.2. The van der Waals surface area contributed by atoms with Gasteiger partial charge in [-0.05, 0) is 38.5 Å². The van der Waals surface area contributed by atoms with Crippen molar-refractivity contribution in [2.45, 2.75) is 39.8 Å². The summed E-state index contributed by atoms with van der Waals surface area (Å²) in [6.45, 7) is 5.68. The third kappa shape index (κ3) is 7.32. The zero-order chi connectivity index (χ0) is 31.9. The number of esters is 1. The van der Waals surface area contributed by atoms with Gasteiger partial charge in [-0.15, -0.1) is 0 Å². The maximum absolute atomic E-state index is 15.0. The monoisotopic (exact) mass is 617 g/mol. The second-order valence-corrected chi connectivity index (χ2v) is 10.2. The van der Waals surface area contributed by atoms with E-state index in [0.717, 1.165) is 23.4 Å². The van der Waals surface area contributed by atoms with E-state index in [1.54, 1.807) is 32.3 Å². The number of nitrogens with zero attached hydrogens (tertiary/aromatic N) is 5. The summed E-state index contributed by atoms with van der Waals surface area (Å²) in [4.78, 5) is 25.1. The Bertz CT molecular complexity index is 1790. The molecule has 45 heavy (non-hydrogen) atoms. The van der Waals surface area contributed by atoms with Gasteiger partial charge in [-0.1, -0.05) is 18.2 Å². The molecule has 0 saturated heterocycles. The number of carbonyl (C=O) groups is 1. The van der Waals surface area contributed by atoms with Gasteiger partial charge in [0.1, 0.15) is 29.1 Å². The van der Waals surface area contributed by atoms with Crippen LogP contribution in [-0.2, 0) is 16.1 Å². The molecule has 0 spiro atoms. The van der Waals surface area contributed by atoms with E-state index in [9.17, 15) is 13.6 Å². The maximum Gasteiger partial charge on any atom is 0.322 e. The van der Waals surface area contributed by atoms with Gasteiger partial charge in [0.2, 0.25) is 0 Å². The molecule has 0 amide bonds. The molecule has 0 fully saturated rings. The van der Waals surface area contributed by atoms with Gasteiger partial charge in [0.05, 0.1) is 38.1 Å². The van der Waals surface area contributed by atoms with Crippen molar-refractivity contribution in [2.75, 3.05) is 25.1 Å². The summed E-state index contributed by atoms with van der Waals surface area (Å²) in [5.74, 6) is -0.843. The van der Waals surface area contributed by atoms with Crippen molar-refractivity contribution in [3.63, 3.8) is 0 Å². The normalized spacial score (nSPS) is 11.8. The van der Waals surface area contributed by atoms with Gasteiger partial charge in [-0.2, -0.15) is 5.10 Å². The van der Waals surface area contributed by atoms with E-state index in [-0.39, 0.29) is 43.5 Å². The lowest BCUT2D eigenvalue weighted by atomic mass is 10.1. The molecule has 3 heterocycles. The minimum atomic E-state index is -0.733. The first kappa shape index (κ1) is 31.3. The first-order valence-corrected chi connectivity index (χ1v) is 14.4. The number of halogens is 2. The van der Waals surface area contributed by atoms with Crippen LogP contribution in [0.3, 0.4) is 0 Å². The van der Waals surface area contributed by atoms with E-state index in [4.69, 9.17) is 30.0 Å². The predicted octanol–water partition coefficient (Wildman–Crippen LogP) is 5.32. The number of para-hydroxylation sites is 1. The van der Waals surface area contributed by atoms with Crippen molar-refractivity contribution in [2.24, 2.45) is 5.73 Å². The Labute approximate surface area is 258 Å². The van der Waals surface area contributed by atoms with E-state index in [0.29, 0.717) is 34.6 Å². The molecule has 0 aliphatic carbocycles. The molecule has 5 rings (SSSR count). The molecule has 0 bridgehead atoms. The van der Waals surface area contributed by atoms with Crippen LogP contribution >= 0.6 is 0 Å². The summed E-state index contributed by atoms with van der Waals surface area (Å²) in [6, 6.07) is 10.7. The number of fused-ring (bicyclic) bond motifs is 1. The fraction of sp³-hybridized carbons (Fsp3) is 0.281. The summed E-state index contributed by atoms with van der Waals surface area (Å²) in [5.41, 5.74) is 8.07. The summed E-state index contributed by atoms with van der Waals surface area (Å²) in [7, 11) is 0. The van der Waals surface area contributed by atoms with Crippen molar-refractivity contribution >= 4 is 28.4 Å². The van der Waals surface area contributed by atoms with Crippen molar-refractivity contribution in [1.82, 2.24) is 24.7 Å². The van der Waals surface area contributed by atoms with Gasteiger partial charge in [-0.25, -0.2) is 18.7 Å². The minimum absolute atomic E-state index is 0.119. The van der Waals surface area contributed by atoms with E-state index >= 15 is 0 Å². The number of benzene rings is 2. The molecule has 0 unspecified atom stereocenters. The van der Waals surface area contributed by atoms with Crippen molar-refractivity contribution in [3.05, 3.63) is 83.8 Å². The number of hydrogen-bond acceptors (Lipinski definition) is 10. The maximum atomic E-state index is 15.0. The Balaban J connectivity index is 1.47. The summed E-state index contributed by atoms with van der Waals surface area (Å²) >= 11 is 0. The van der Waals surface area contributed by atoms with Gasteiger partial charge in [0.25, 0.3) is 0 Å². The Kier molecular flexibility index (Phi) is 9.78. The zero-order valence-corrected chi connectivity index (χ0v) is 25.1. The lowest BCUT2D eigenvalue weighted by molar-refractivity contribution is -0.144. The highest BCUT2D eigenvalue weighted by Gasteiger charge is 2.20. The SMILES string of the molecule is CCOc1cc(F)c(Cn2nc(-c3ncc(OCCCOC(=O)[C@H](C)N)c(Nc4ccncc4C)n3)c3ccccc32)c(F)c1. The number of nitrogens with two attached hydrogens (primary N) is 1. The summed E-state index contributed by atoms with van der Waals surface area (Å²) in [6.07, 6.45) is 5.31. The Morgan fingerprint density at radius 2 is 1.87 bits per heavy atom. The highest BCUT2D eigenvalue weighted by Crippen LogP contribution is 2.32. The fourth-order valence-electron chi connectivity index (χ4n) is 4.51. The van der Waals surface area contributed by atoms with Crippen LogP contribution in [0, 0.1) is 18.6 Å². The minimum Gasteiger partial charge on any atom is -0.494 e. The number of hydrogen-bond donors (Lipinski definition) is 2. The molecule has 13 heteroatoms. The number of ether oxygens (including phenoxy) is 3. The van der Waals surface area contributed by atoms with Gasteiger partial charge in [-0.3, -0.25) is 14.5 Å². The standard InChI is InChI=1S/C32H33F2N7O4/c1-4-43-21-14-24(33)23(25(34)15-21)18-41-27-9-6-5-8-22(27)29(40-41)31-37-17-28(44-12-7-13-45-32(42)20(3)35)30(39-31)38-26-10-11-36-16-19(26)2/h5-6,8-11,14-17,20H,4,7,12-13,18,35H2,1-3H3,(H,36,37,38,39)/t20-/m0/s1. The van der Waals surface area contributed by atoms with E-state index in [2.05, 4.69) is 15.3 Å².